The standard InChI is InChI=1S/C9H13NS2/c11-6-4-8-2-1-3-9(10-8)5-7-12/h1-3,11-12H,4-7H2. The summed E-state index contributed by atoms with van der Waals surface area (Å²) in [5.41, 5.74) is 2.26. The number of aromatic nitrogens is 1. The largest absolute Gasteiger partial charge is 0.258 e. The molecule has 0 spiro atoms. The lowest BCUT2D eigenvalue weighted by Gasteiger charge is -2.00. The van der Waals surface area contributed by atoms with Crippen molar-refractivity contribution in [3.05, 3.63) is 29.6 Å². The maximum Gasteiger partial charge on any atom is 0.0415 e. The summed E-state index contributed by atoms with van der Waals surface area (Å²) >= 11 is 8.33. The number of hydrogen-bond donors (Lipinski definition) is 2. The molecule has 3 heteroatoms. The minimum Gasteiger partial charge on any atom is -0.258 e. The molecule has 1 aromatic heterocycles. The Morgan fingerprint density at radius 3 is 1.92 bits per heavy atom. The number of rotatable bonds is 4. The number of thiol groups is 2. The highest BCUT2D eigenvalue weighted by atomic mass is 32.1. The Bertz CT molecular complexity index is 216. The fourth-order valence-electron chi connectivity index (χ4n) is 1.04. The van der Waals surface area contributed by atoms with Gasteiger partial charge in [-0.1, -0.05) is 6.07 Å². The molecule has 0 unspecified atom stereocenters. The van der Waals surface area contributed by atoms with Gasteiger partial charge in [-0.15, -0.1) is 0 Å². The molecule has 0 aliphatic rings. The summed E-state index contributed by atoms with van der Waals surface area (Å²) in [6.45, 7) is 0. The van der Waals surface area contributed by atoms with Crippen LogP contribution in [0.3, 0.4) is 0 Å². The van der Waals surface area contributed by atoms with Crippen LogP contribution in [0.15, 0.2) is 18.2 Å². The third-order valence-corrected chi connectivity index (χ3v) is 2.05. The molecule has 66 valence electrons. The van der Waals surface area contributed by atoms with Gasteiger partial charge in [-0.05, 0) is 36.5 Å². The second kappa shape index (κ2) is 5.49. The summed E-state index contributed by atoms with van der Waals surface area (Å²) in [5, 5.41) is 0. The normalized spacial score (nSPS) is 10.2. The molecule has 0 fully saturated rings. The van der Waals surface area contributed by atoms with Crippen LogP contribution in [0.1, 0.15) is 11.4 Å². The number of pyridine rings is 1. The molecule has 12 heavy (non-hydrogen) atoms. The highest BCUT2D eigenvalue weighted by Gasteiger charge is 1.95. The highest BCUT2D eigenvalue weighted by molar-refractivity contribution is 7.80. The first-order chi connectivity index (χ1) is 5.86. The number of aryl methyl sites for hydroxylation is 2. The van der Waals surface area contributed by atoms with E-state index in [0.29, 0.717) is 0 Å². The SMILES string of the molecule is SCCc1cccc(CCS)n1. The summed E-state index contributed by atoms with van der Waals surface area (Å²) < 4.78 is 0. The second-order valence-corrected chi connectivity index (χ2v) is 3.46. The third kappa shape index (κ3) is 3.07. The van der Waals surface area contributed by atoms with Gasteiger partial charge >= 0.3 is 0 Å². The van der Waals surface area contributed by atoms with Gasteiger partial charge in [0, 0.05) is 11.4 Å². The van der Waals surface area contributed by atoms with Crippen molar-refractivity contribution in [3.8, 4) is 0 Å². The van der Waals surface area contributed by atoms with Crippen molar-refractivity contribution in [2.24, 2.45) is 0 Å². The minimum atomic E-state index is 0.858. The van der Waals surface area contributed by atoms with Crippen LogP contribution < -0.4 is 0 Å². The van der Waals surface area contributed by atoms with Crippen LogP contribution in [0.5, 0.6) is 0 Å². The van der Waals surface area contributed by atoms with E-state index in [1.165, 1.54) is 0 Å². The fraction of sp³-hybridized carbons (Fsp3) is 0.444. The van der Waals surface area contributed by atoms with Crippen LogP contribution in [0.25, 0.3) is 0 Å². The van der Waals surface area contributed by atoms with Crippen molar-refractivity contribution < 1.29 is 0 Å². The monoisotopic (exact) mass is 199 g/mol. The fourth-order valence-corrected chi connectivity index (χ4v) is 1.50. The van der Waals surface area contributed by atoms with E-state index in [-0.39, 0.29) is 0 Å². The van der Waals surface area contributed by atoms with E-state index < -0.39 is 0 Å². The van der Waals surface area contributed by atoms with Crippen LogP contribution >= 0.6 is 25.3 Å². The third-order valence-electron chi connectivity index (χ3n) is 1.60. The molecule has 0 aliphatic carbocycles. The molecule has 0 saturated heterocycles. The maximum atomic E-state index is 4.45. The van der Waals surface area contributed by atoms with Gasteiger partial charge in [-0.25, -0.2) is 0 Å². The molecule has 0 atom stereocenters. The molecule has 0 radical (unpaired) electrons. The predicted octanol–water partition coefficient (Wildman–Crippen LogP) is 2.03. The van der Waals surface area contributed by atoms with Crippen LogP contribution in [0.4, 0.5) is 0 Å². The van der Waals surface area contributed by atoms with Crippen molar-refractivity contribution in [2.45, 2.75) is 12.8 Å². The van der Waals surface area contributed by atoms with E-state index in [1.807, 2.05) is 18.2 Å². The smallest absolute Gasteiger partial charge is 0.0415 e. The Morgan fingerprint density at radius 2 is 1.50 bits per heavy atom. The van der Waals surface area contributed by atoms with Crippen molar-refractivity contribution in [1.82, 2.24) is 4.98 Å². The van der Waals surface area contributed by atoms with Crippen LogP contribution in [-0.4, -0.2) is 16.5 Å². The Morgan fingerprint density at radius 1 is 1.00 bits per heavy atom. The number of hydrogen-bond acceptors (Lipinski definition) is 3. The van der Waals surface area contributed by atoms with Crippen molar-refractivity contribution in [2.75, 3.05) is 11.5 Å². The molecule has 1 nitrogen and oxygen atoms in total. The first kappa shape index (κ1) is 9.93. The lowest BCUT2D eigenvalue weighted by atomic mass is 10.2. The minimum absolute atomic E-state index is 0.858. The molecule has 0 saturated carbocycles. The summed E-state index contributed by atoms with van der Waals surface area (Å²) in [4.78, 5) is 4.45. The van der Waals surface area contributed by atoms with Crippen molar-refractivity contribution >= 4 is 25.3 Å². The van der Waals surface area contributed by atoms with Gasteiger partial charge in [0.05, 0.1) is 0 Å². The zero-order chi connectivity index (χ0) is 8.81. The first-order valence-electron chi connectivity index (χ1n) is 4.03. The van der Waals surface area contributed by atoms with Gasteiger partial charge in [0.15, 0.2) is 0 Å². The van der Waals surface area contributed by atoms with Gasteiger partial charge in [-0.3, -0.25) is 4.98 Å². The lowest BCUT2D eigenvalue weighted by molar-refractivity contribution is 0.967. The van der Waals surface area contributed by atoms with E-state index >= 15 is 0 Å². The predicted molar refractivity (Wildman–Crippen MR) is 59.4 cm³/mol. The van der Waals surface area contributed by atoms with Gasteiger partial charge in [0.25, 0.3) is 0 Å². The van der Waals surface area contributed by atoms with E-state index in [9.17, 15) is 0 Å². The topological polar surface area (TPSA) is 12.9 Å². The number of nitrogens with zero attached hydrogens (tertiary/aromatic N) is 1. The van der Waals surface area contributed by atoms with Crippen LogP contribution in [0.2, 0.25) is 0 Å². The van der Waals surface area contributed by atoms with Gasteiger partial charge < -0.3 is 0 Å². The van der Waals surface area contributed by atoms with Gasteiger partial charge in [-0.2, -0.15) is 25.3 Å². The molecule has 1 heterocycles. The zero-order valence-corrected chi connectivity index (χ0v) is 8.69. The molecular weight excluding hydrogens is 186 g/mol. The van der Waals surface area contributed by atoms with E-state index in [0.717, 1.165) is 35.7 Å². The van der Waals surface area contributed by atoms with Crippen LogP contribution in [0, 0.1) is 0 Å². The molecule has 0 amide bonds. The summed E-state index contributed by atoms with van der Waals surface area (Å²) in [5.74, 6) is 1.72. The van der Waals surface area contributed by atoms with Crippen molar-refractivity contribution in [3.63, 3.8) is 0 Å². The summed E-state index contributed by atoms with van der Waals surface area (Å²) in [6.07, 6.45) is 1.90. The van der Waals surface area contributed by atoms with Gasteiger partial charge in [0.2, 0.25) is 0 Å². The van der Waals surface area contributed by atoms with Crippen LogP contribution in [-0.2, 0) is 12.8 Å². The Hall–Kier alpha value is -0.150. The Labute approximate surface area is 84.4 Å². The second-order valence-electron chi connectivity index (χ2n) is 2.57. The molecule has 1 rings (SSSR count). The van der Waals surface area contributed by atoms with E-state index in [2.05, 4.69) is 30.2 Å². The quantitative estimate of drug-likeness (QED) is 0.708. The van der Waals surface area contributed by atoms with Crippen molar-refractivity contribution in [1.29, 1.82) is 0 Å². The molecule has 0 bridgehead atoms. The maximum absolute atomic E-state index is 4.45. The molecule has 0 N–H and O–H groups in total. The first-order valence-corrected chi connectivity index (χ1v) is 5.30. The summed E-state index contributed by atoms with van der Waals surface area (Å²) in [7, 11) is 0. The molecule has 1 aromatic rings. The van der Waals surface area contributed by atoms with E-state index in [4.69, 9.17) is 0 Å². The average molecular weight is 199 g/mol. The lowest BCUT2D eigenvalue weighted by Crippen LogP contribution is -1.96. The van der Waals surface area contributed by atoms with Gasteiger partial charge in [0.1, 0.15) is 0 Å². The van der Waals surface area contributed by atoms with E-state index in [1.54, 1.807) is 0 Å². The molecular formula is C9H13NS2. The molecule has 0 aromatic carbocycles. The Balaban J connectivity index is 2.67. The molecule has 0 aliphatic heterocycles. The zero-order valence-electron chi connectivity index (χ0n) is 6.90. The highest BCUT2D eigenvalue weighted by Crippen LogP contribution is 2.02. The Kier molecular flexibility index (Phi) is 4.54. The summed E-state index contributed by atoms with van der Waals surface area (Å²) in [6, 6.07) is 6.13. The average Bonchev–Trinajstić information content (AvgIpc) is 2.06.